The predicted octanol–water partition coefficient (Wildman–Crippen LogP) is 3.12. The smallest absolute Gasteiger partial charge is 0.0477 e. The highest BCUT2D eigenvalue weighted by Crippen LogP contribution is 2.24. The van der Waals surface area contributed by atoms with Crippen LogP contribution in [0.3, 0.4) is 0 Å². The van der Waals surface area contributed by atoms with Crippen molar-refractivity contribution in [1.82, 2.24) is 14.5 Å². The van der Waals surface area contributed by atoms with Gasteiger partial charge in [0.25, 0.3) is 0 Å². The lowest BCUT2D eigenvalue weighted by Gasteiger charge is -2.10. The van der Waals surface area contributed by atoms with Crippen LogP contribution in [0.5, 0.6) is 0 Å². The first-order chi connectivity index (χ1) is 9.74. The zero-order valence-corrected chi connectivity index (χ0v) is 12.1. The number of rotatable bonds is 5. The number of hydrogen-bond acceptors (Lipinski definition) is 1. The summed E-state index contributed by atoms with van der Waals surface area (Å²) >= 11 is 0. The van der Waals surface area contributed by atoms with Gasteiger partial charge in [-0.15, -0.1) is 0 Å². The Morgan fingerprint density at radius 1 is 1.05 bits per heavy atom. The Kier molecular flexibility index (Phi) is 3.61. The summed E-state index contributed by atoms with van der Waals surface area (Å²) in [5, 5.41) is 1.39. The van der Waals surface area contributed by atoms with Crippen molar-refractivity contribution in [2.45, 2.75) is 13.0 Å². The van der Waals surface area contributed by atoms with E-state index in [4.69, 9.17) is 0 Å². The Balaban J connectivity index is 1.96. The Morgan fingerprint density at radius 2 is 1.85 bits per heavy atom. The Labute approximate surface area is 119 Å². The topological polar surface area (TPSA) is 24.0 Å². The maximum atomic E-state index is 3.40. The number of aromatic amines is 1. The zero-order chi connectivity index (χ0) is 13.9. The fraction of sp³-hybridized carbons (Fsp3) is 0.294. The fourth-order valence-corrected chi connectivity index (χ4v) is 2.68. The second kappa shape index (κ2) is 5.55. The summed E-state index contributed by atoms with van der Waals surface area (Å²) in [6.07, 6.45) is 7.47. The van der Waals surface area contributed by atoms with Gasteiger partial charge in [0.15, 0.2) is 0 Å². The van der Waals surface area contributed by atoms with E-state index >= 15 is 0 Å². The fourth-order valence-electron chi connectivity index (χ4n) is 2.68. The van der Waals surface area contributed by atoms with E-state index in [9.17, 15) is 0 Å². The molecule has 3 nitrogen and oxygen atoms in total. The molecule has 0 saturated carbocycles. The van der Waals surface area contributed by atoms with Crippen LogP contribution in [0.25, 0.3) is 10.9 Å². The molecule has 2 heterocycles. The van der Waals surface area contributed by atoms with Crippen molar-refractivity contribution in [3.63, 3.8) is 0 Å². The van der Waals surface area contributed by atoms with Crippen LogP contribution in [-0.4, -0.2) is 35.1 Å². The van der Waals surface area contributed by atoms with E-state index in [-0.39, 0.29) is 0 Å². The molecule has 0 amide bonds. The van der Waals surface area contributed by atoms with Crippen LogP contribution in [-0.2, 0) is 13.0 Å². The molecule has 0 aliphatic heterocycles. The molecule has 1 aromatic carbocycles. The molecule has 0 unspecified atom stereocenters. The zero-order valence-electron chi connectivity index (χ0n) is 12.1. The number of likely N-dealkylation sites (N-methyl/N-ethyl adjacent to an activating group) is 1. The molecular formula is C17H21N3. The summed E-state index contributed by atoms with van der Waals surface area (Å²) in [5.41, 5.74) is 4.04. The van der Waals surface area contributed by atoms with E-state index in [1.165, 1.54) is 22.0 Å². The molecule has 0 bridgehead atoms. The van der Waals surface area contributed by atoms with Gasteiger partial charge in [-0.2, -0.15) is 0 Å². The van der Waals surface area contributed by atoms with Crippen molar-refractivity contribution >= 4 is 10.9 Å². The van der Waals surface area contributed by atoms with Crippen LogP contribution in [0.2, 0.25) is 0 Å². The maximum Gasteiger partial charge on any atom is 0.0477 e. The highest BCUT2D eigenvalue weighted by molar-refractivity contribution is 5.86. The molecule has 3 aromatic rings. The van der Waals surface area contributed by atoms with Crippen LogP contribution in [0.15, 0.2) is 48.9 Å². The van der Waals surface area contributed by atoms with Gasteiger partial charge in [-0.1, -0.05) is 12.1 Å². The first-order valence-electron chi connectivity index (χ1n) is 7.07. The summed E-state index contributed by atoms with van der Waals surface area (Å²) < 4.78 is 2.22. The van der Waals surface area contributed by atoms with Crippen molar-refractivity contribution in [3.8, 4) is 0 Å². The number of benzene rings is 1. The number of nitrogens with one attached hydrogen (secondary N) is 1. The van der Waals surface area contributed by atoms with Gasteiger partial charge in [-0.3, -0.25) is 0 Å². The molecule has 3 heteroatoms. The van der Waals surface area contributed by atoms with E-state index in [0.29, 0.717) is 0 Å². The highest BCUT2D eigenvalue weighted by atomic mass is 15.0. The van der Waals surface area contributed by atoms with Crippen LogP contribution < -0.4 is 0 Å². The largest absolute Gasteiger partial charge is 0.361 e. The van der Waals surface area contributed by atoms with Gasteiger partial charge in [-0.25, -0.2) is 0 Å². The van der Waals surface area contributed by atoms with E-state index in [1.807, 2.05) is 0 Å². The highest BCUT2D eigenvalue weighted by Gasteiger charge is 2.09. The molecule has 3 rings (SSSR count). The second-order valence-electron chi connectivity index (χ2n) is 5.56. The molecule has 0 saturated heterocycles. The van der Waals surface area contributed by atoms with Gasteiger partial charge in [0.05, 0.1) is 0 Å². The average Bonchev–Trinajstić information content (AvgIpc) is 3.06. The van der Waals surface area contributed by atoms with Crippen LogP contribution in [0.4, 0.5) is 0 Å². The van der Waals surface area contributed by atoms with E-state index in [1.54, 1.807) is 0 Å². The SMILES string of the molecule is CN(C)CCc1c[nH]c2cccc(Cn3cccc3)c12. The number of fused-ring (bicyclic) bond motifs is 1. The lowest BCUT2D eigenvalue weighted by Crippen LogP contribution is -2.15. The summed E-state index contributed by atoms with van der Waals surface area (Å²) in [4.78, 5) is 5.63. The number of H-pyrrole nitrogens is 1. The average molecular weight is 267 g/mol. The molecule has 0 spiro atoms. The van der Waals surface area contributed by atoms with Gasteiger partial charge in [-0.05, 0) is 49.8 Å². The molecule has 0 aliphatic rings. The first kappa shape index (κ1) is 13.0. The molecule has 104 valence electrons. The predicted molar refractivity (Wildman–Crippen MR) is 84.1 cm³/mol. The van der Waals surface area contributed by atoms with Crippen molar-refractivity contribution in [2.24, 2.45) is 0 Å². The molecule has 2 aromatic heterocycles. The van der Waals surface area contributed by atoms with Crippen LogP contribution in [0.1, 0.15) is 11.1 Å². The molecule has 20 heavy (non-hydrogen) atoms. The van der Waals surface area contributed by atoms with Gasteiger partial charge in [0.2, 0.25) is 0 Å². The van der Waals surface area contributed by atoms with E-state index in [2.05, 4.69) is 77.5 Å². The minimum Gasteiger partial charge on any atom is -0.361 e. The van der Waals surface area contributed by atoms with Gasteiger partial charge in [0, 0.05) is 42.6 Å². The van der Waals surface area contributed by atoms with Gasteiger partial charge >= 0.3 is 0 Å². The number of aromatic nitrogens is 2. The molecule has 0 radical (unpaired) electrons. The lowest BCUT2D eigenvalue weighted by atomic mass is 10.0. The third kappa shape index (κ3) is 2.63. The summed E-state index contributed by atoms with van der Waals surface area (Å²) in [6, 6.07) is 10.7. The molecule has 0 atom stereocenters. The van der Waals surface area contributed by atoms with Crippen LogP contribution in [0, 0.1) is 0 Å². The van der Waals surface area contributed by atoms with Crippen molar-refractivity contribution < 1.29 is 0 Å². The third-order valence-corrected chi connectivity index (χ3v) is 3.72. The van der Waals surface area contributed by atoms with Crippen LogP contribution >= 0.6 is 0 Å². The van der Waals surface area contributed by atoms with E-state index in [0.717, 1.165) is 19.5 Å². The Morgan fingerprint density at radius 3 is 2.60 bits per heavy atom. The van der Waals surface area contributed by atoms with E-state index < -0.39 is 0 Å². The molecule has 0 fully saturated rings. The first-order valence-corrected chi connectivity index (χ1v) is 7.07. The van der Waals surface area contributed by atoms with Crippen molar-refractivity contribution in [2.75, 3.05) is 20.6 Å². The Hall–Kier alpha value is -2.00. The van der Waals surface area contributed by atoms with Crippen molar-refractivity contribution in [1.29, 1.82) is 0 Å². The number of hydrogen-bond donors (Lipinski definition) is 1. The molecular weight excluding hydrogens is 246 g/mol. The quantitative estimate of drug-likeness (QED) is 0.754. The summed E-state index contributed by atoms with van der Waals surface area (Å²) in [6.45, 7) is 2.00. The molecule has 1 N–H and O–H groups in total. The molecule has 0 aliphatic carbocycles. The second-order valence-corrected chi connectivity index (χ2v) is 5.56. The summed E-state index contributed by atoms with van der Waals surface area (Å²) in [7, 11) is 4.24. The normalized spacial score (nSPS) is 11.6. The standard InChI is InChI=1S/C17H21N3/c1-19(2)11-8-14-12-18-16-7-5-6-15(17(14)16)13-20-9-3-4-10-20/h3-7,9-10,12,18H,8,11,13H2,1-2H3. The van der Waals surface area contributed by atoms with Crippen molar-refractivity contribution in [3.05, 3.63) is 60.0 Å². The lowest BCUT2D eigenvalue weighted by molar-refractivity contribution is 0.414. The van der Waals surface area contributed by atoms with Gasteiger partial charge in [0.1, 0.15) is 0 Å². The summed E-state index contributed by atoms with van der Waals surface area (Å²) in [5.74, 6) is 0. The number of nitrogens with zero attached hydrogens (tertiary/aromatic N) is 2. The third-order valence-electron chi connectivity index (χ3n) is 3.72. The maximum absolute atomic E-state index is 3.40. The Bertz CT molecular complexity index is 677. The monoisotopic (exact) mass is 267 g/mol. The van der Waals surface area contributed by atoms with Gasteiger partial charge < -0.3 is 14.5 Å². The minimum absolute atomic E-state index is 0.928. The minimum atomic E-state index is 0.928.